The lowest BCUT2D eigenvalue weighted by atomic mass is 9.99. The normalized spacial score (nSPS) is 11.6. The molecule has 10 rings (SSSR count). The van der Waals surface area contributed by atoms with E-state index in [2.05, 4.69) is 127 Å². The second-order valence-electron chi connectivity index (χ2n) is 12.4. The molecule has 234 valence electrons. The summed E-state index contributed by atoms with van der Waals surface area (Å²) < 4.78 is 8.89. The summed E-state index contributed by atoms with van der Waals surface area (Å²) in [4.78, 5) is 15.2. The first-order chi connectivity index (χ1) is 24.7. The molecular formula is C45H27N3OS. The maximum absolute atomic E-state index is 6.44. The largest absolute Gasteiger partial charge is 0.456 e. The molecule has 0 unspecified atom stereocenters. The number of aromatic nitrogens is 3. The number of benzene rings is 7. The van der Waals surface area contributed by atoms with Crippen LogP contribution in [0.1, 0.15) is 0 Å². The van der Waals surface area contributed by atoms with E-state index in [9.17, 15) is 0 Å². The lowest BCUT2D eigenvalue weighted by molar-refractivity contribution is 0.669. The molecule has 10 aromatic rings. The first kappa shape index (κ1) is 28.6. The molecule has 0 bridgehead atoms. The van der Waals surface area contributed by atoms with E-state index in [0.717, 1.165) is 49.8 Å². The van der Waals surface area contributed by atoms with Crippen LogP contribution >= 0.6 is 11.3 Å². The van der Waals surface area contributed by atoms with Crippen LogP contribution in [-0.2, 0) is 0 Å². The summed E-state index contributed by atoms with van der Waals surface area (Å²) in [6.07, 6.45) is 0. The number of nitrogens with zero attached hydrogens (tertiary/aromatic N) is 3. The van der Waals surface area contributed by atoms with Gasteiger partial charge in [0.1, 0.15) is 11.2 Å². The molecule has 3 aromatic heterocycles. The van der Waals surface area contributed by atoms with Crippen molar-refractivity contribution in [2.45, 2.75) is 0 Å². The van der Waals surface area contributed by atoms with E-state index in [4.69, 9.17) is 19.4 Å². The number of furan rings is 1. The number of rotatable bonds is 5. The molecule has 0 saturated carbocycles. The fraction of sp³-hybridized carbons (Fsp3) is 0. The third-order valence-electron chi connectivity index (χ3n) is 9.37. The van der Waals surface area contributed by atoms with E-state index >= 15 is 0 Å². The summed E-state index contributed by atoms with van der Waals surface area (Å²) in [6.45, 7) is 0. The zero-order chi connectivity index (χ0) is 33.0. The minimum Gasteiger partial charge on any atom is -0.456 e. The van der Waals surface area contributed by atoms with Gasteiger partial charge in [0.2, 0.25) is 0 Å². The van der Waals surface area contributed by atoms with Crippen molar-refractivity contribution in [2.24, 2.45) is 0 Å². The molecule has 0 saturated heterocycles. The highest BCUT2D eigenvalue weighted by Gasteiger charge is 2.18. The lowest BCUT2D eigenvalue weighted by Crippen LogP contribution is -2.00. The Morgan fingerprint density at radius 1 is 0.360 bits per heavy atom. The molecule has 4 nitrogen and oxygen atoms in total. The molecule has 0 aliphatic carbocycles. The zero-order valence-corrected chi connectivity index (χ0v) is 27.6. The van der Waals surface area contributed by atoms with E-state index in [-0.39, 0.29) is 0 Å². The second-order valence-corrected chi connectivity index (χ2v) is 13.5. The van der Waals surface area contributed by atoms with Crippen LogP contribution in [0.15, 0.2) is 168 Å². The van der Waals surface area contributed by atoms with Crippen LogP contribution in [0.2, 0.25) is 0 Å². The van der Waals surface area contributed by atoms with Crippen molar-refractivity contribution in [2.75, 3.05) is 0 Å². The molecule has 0 radical (unpaired) electrons. The molecule has 0 N–H and O–H groups in total. The van der Waals surface area contributed by atoms with Gasteiger partial charge in [-0.15, -0.1) is 11.3 Å². The van der Waals surface area contributed by atoms with Gasteiger partial charge in [-0.05, 0) is 58.7 Å². The van der Waals surface area contributed by atoms with Crippen LogP contribution in [0.3, 0.4) is 0 Å². The van der Waals surface area contributed by atoms with E-state index in [1.807, 2.05) is 36.4 Å². The highest BCUT2D eigenvalue weighted by Crippen LogP contribution is 2.40. The average Bonchev–Trinajstić information content (AvgIpc) is 3.76. The van der Waals surface area contributed by atoms with Gasteiger partial charge in [0.15, 0.2) is 17.5 Å². The second kappa shape index (κ2) is 11.6. The fourth-order valence-electron chi connectivity index (χ4n) is 6.88. The summed E-state index contributed by atoms with van der Waals surface area (Å²) in [6, 6.07) is 56.9. The Morgan fingerprint density at radius 3 is 1.76 bits per heavy atom. The highest BCUT2D eigenvalue weighted by atomic mass is 32.1. The van der Waals surface area contributed by atoms with Gasteiger partial charge in [0, 0.05) is 47.6 Å². The van der Waals surface area contributed by atoms with Gasteiger partial charge in [0.05, 0.1) is 0 Å². The van der Waals surface area contributed by atoms with Gasteiger partial charge in [0.25, 0.3) is 0 Å². The van der Waals surface area contributed by atoms with Crippen molar-refractivity contribution in [1.29, 1.82) is 0 Å². The van der Waals surface area contributed by atoms with Gasteiger partial charge in [-0.1, -0.05) is 127 Å². The van der Waals surface area contributed by atoms with Crippen LogP contribution < -0.4 is 0 Å². The molecule has 3 heterocycles. The summed E-state index contributed by atoms with van der Waals surface area (Å²) in [5.74, 6) is 1.89. The van der Waals surface area contributed by atoms with E-state index < -0.39 is 0 Å². The van der Waals surface area contributed by atoms with Gasteiger partial charge in [-0.3, -0.25) is 0 Å². The maximum atomic E-state index is 6.44. The Bertz CT molecular complexity index is 2860. The van der Waals surface area contributed by atoms with Crippen LogP contribution in [0.5, 0.6) is 0 Å². The quantitative estimate of drug-likeness (QED) is 0.185. The first-order valence-corrected chi connectivity index (χ1v) is 17.4. The van der Waals surface area contributed by atoms with Crippen molar-refractivity contribution in [3.8, 4) is 56.4 Å². The third kappa shape index (κ3) is 4.87. The van der Waals surface area contributed by atoms with Crippen molar-refractivity contribution in [1.82, 2.24) is 15.0 Å². The Hall–Kier alpha value is -6.43. The fourth-order valence-corrected chi connectivity index (χ4v) is 8.02. The molecule has 50 heavy (non-hydrogen) atoms. The van der Waals surface area contributed by atoms with Gasteiger partial charge < -0.3 is 4.42 Å². The summed E-state index contributed by atoms with van der Waals surface area (Å²) >= 11 is 1.79. The molecule has 0 amide bonds. The molecule has 0 aliphatic heterocycles. The number of thiophene rings is 1. The summed E-state index contributed by atoms with van der Waals surface area (Å²) in [5.41, 5.74) is 9.17. The van der Waals surface area contributed by atoms with Crippen LogP contribution in [0, 0.1) is 0 Å². The summed E-state index contributed by atoms with van der Waals surface area (Å²) in [5, 5.41) is 4.51. The summed E-state index contributed by atoms with van der Waals surface area (Å²) in [7, 11) is 0. The smallest absolute Gasteiger partial charge is 0.164 e. The van der Waals surface area contributed by atoms with Crippen molar-refractivity contribution < 1.29 is 4.42 Å². The Kier molecular flexibility index (Phi) is 6.64. The molecule has 0 spiro atoms. The van der Waals surface area contributed by atoms with Crippen LogP contribution in [0.25, 0.3) is 98.5 Å². The predicted octanol–water partition coefficient (Wildman–Crippen LogP) is 12.5. The molecule has 0 fully saturated rings. The molecule has 7 aromatic carbocycles. The zero-order valence-electron chi connectivity index (χ0n) is 26.7. The molecular weight excluding hydrogens is 631 g/mol. The van der Waals surface area contributed by atoms with Crippen LogP contribution in [0.4, 0.5) is 0 Å². The molecule has 5 heteroatoms. The monoisotopic (exact) mass is 657 g/mol. The Morgan fingerprint density at radius 2 is 0.960 bits per heavy atom. The van der Waals surface area contributed by atoms with Crippen molar-refractivity contribution in [3.63, 3.8) is 0 Å². The number of hydrogen-bond acceptors (Lipinski definition) is 5. The lowest BCUT2D eigenvalue weighted by Gasteiger charge is -2.09. The molecule has 0 aliphatic rings. The van der Waals surface area contributed by atoms with Gasteiger partial charge in [-0.2, -0.15) is 0 Å². The Balaban J connectivity index is 1.08. The topological polar surface area (TPSA) is 51.8 Å². The number of hydrogen-bond donors (Lipinski definition) is 0. The predicted molar refractivity (Wildman–Crippen MR) is 207 cm³/mol. The highest BCUT2D eigenvalue weighted by molar-refractivity contribution is 7.25. The minimum absolute atomic E-state index is 0.604. The standard InChI is InChI=1S/C45H27N3OS/c1-3-10-28(11-4-1)29-18-20-30(21-19-29)32-23-25-38-37(26-32)34-24-22-33(27-39(34)49-38)44-46-43(31-12-5-2-6-13-31)47-45(48-44)36-15-9-17-41-42(36)35-14-7-8-16-40(35)50-41/h1-27H. The SMILES string of the molecule is c1ccc(-c2ccc(-c3ccc4oc5cc(-c6nc(-c7ccccc7)nc(-c7cccc8sc9ccccc9c78)n6)ccc5c4c3)cc2)cc1. The van der Waals surface area contributed by atoms with Gasteiger partial charge >= 0.3 is 0 Å². The third-order valence-corrected chi connectivity index (χ3v) is 10.5. The Labute approximate surface area is 292 Å². The first-order valence-electron chi connectivity index (χ1n) is 16.6. The van der Waals surface area contributed by atoms with Crippen molar-refractivity contribution in [3.05, 3.63) is 164 Å². The maximum Gasteiger partial charge on any atom is 0.164 e. The minimum atomic E-state index is 0.604. The average molecular weight is 658 g/mol. The van der Waals surface area contributed by atoms with Gasteiger partial charge in [-0.25, -0.2) is 15.0 Å². The molecule has 0 atom stereocenters. The van der Waals surface area contributed by atoms with E-state index in [1.54, 1.807) is 11.3 Å². The van der Waals surface area contributed by atoms with Crippen molar-refractivity contribution >= 4 is 53.4 Å². The number of fused-ring (bicyclic) bond motifs is 6. The van der Waals surface area contributed by atoms with E-state index in [1.165, 1.54) is 31.3 Å². The van der Waals surface area contributed by atoms with Crippen LogP contribution in [-0.4, -0.2) is 15.0 Å². The van der Waals surface area contributed by atoms with E-state index in [0.29, 0.717) is 17.5 Å².